The lowest BCUT2D eigenvalue weighted by Gasteiger charge is -2.27. The molecule has 29 heavy (non-hydrogen) atoms. The van der Waals surface area contributed by atoms with E-state index >= 15 is 0 Å². The van der Waals surface area contributed by atoms with E-state index in [0.29, 0.717) is 11.3 Å². The van der Waals surface area contributed by atoms with Gasteiger partial charge < -0.3 is 0 Å². The molecule has 2 aromatic rings. The second-order valence-corrected chi connectivity index (χ2v) is 8.16. The van der Waals surface area contributed by atoms with Crippen LogP contribution in [0.5, 0.6) is 0 Å². The van der Waals surface area contributed by atoms with Crippen molar-refractivity contribution in [3.8, 4) is 0 Å². The monoisotopic (exact) mass is 392 g/mol. The molecule has 0 bridgehead atoms. The van der Waals surface area contributed by atoms with Crippen LogP contribution in [0.4, 0.5) is 10.1 Å². The maximum Gasteiger partial charge on any atom is 0.239 e. The molecule has 0 unspecified atom stereocenters. The lowest BCUT2D eigenvalue weighted by atomic mass is 9.85. The predicted octanol–water partition coefficient (Wildman–Crippen LogP) is 2.97. The number of hydrogen-bond donors (Lipinski definition) is 0. The summed E-state index contributed by atoms with van der Waals surface area (Å²) in [6.07, 6.45) is 1.71. The number of aryl methyl sites for hydroxylation is 1. The molecule has 6 heteroatoms. The number of nitrogens with zero attached hydrogens (tertiary/aromatic N) is 2. The van der Waals surface area contributed by atoms with Gasteiger partial charge in [0.05, 0.1) is 23.6 Å². The molecule has 3 aliphatic heterocycles. The van der Waals surface area contributed by atoms with Gasteiger partial charge >= 0.3 is 0 Å². The minimum atomic E-state index is -0.688. The SMILES string of the molecule is Cc1ccc(C(=O)[C@@H]2[C@H]3C(=O)N(c4ccc(F)cc4)C(=O)[C@@H]3[C@H]3CCCN32)cc1. The fraction of sp³-hybridized carbons (Fsp3) is 0.348. The van der Waals surface area contributed by atoms with Gasteiger partial charge in [-0.3, -0.25) is 19.3 Å². The average Bonchev–Trinajstić information content (AvgIpc) is 3.35. The first kappa shape index (κ1) is 18.2. The highest BCUT2D eigenvalue weighted by atomic mass is 19.1. The van der Waals surface area contributed by atoms with E-state index in [0.717, 1.165) is 29.8 Å². The number of imide groups is 1. The molecule has 148 valence electrons. The normalized spacial score (nSPS) is 28.7. The number of rotatable bonds is 3. The van der Waals surface area contributed by atoms with E-state index in [9.17, 15) is 18.8 Å². The van der Waals surface area contributed by atoms with Crippen molar-refractivity contribution in [1.29, 1.82) is 0 Å². The number of fused-ring (bicyclic) bond motifs is 3. The van der Waals surface area contributed by atoms with Crippen LogP contribution in [0.2, 0.25) is 0 Å². The Bertz CT molecular complexity index is 1000. The minimum Gasteiger partial charge on any atom is -0.292 e. The van der Waals surface area contributed by atoms with Crippen LogP contribution < -0.4 is 4.90 Å². The Morgan fingerprint density at radius 2 is 1.62 bits per heavy atom. The zero-order valence-electron chi connectivity index (χ0n) is 16.0. The number of carbonyl (C=O) groups is 3. The number of halogens is 1. The molecule has 3 heterocycles. The lowest BCUT2D eigenvalue weighted by molar-refractivity contribution is -0.123. The van der Waals surface area contributed by atoms with Crippen LogP contribution in [-0.4, -0.2) is 41.1 Å². The van der Waals surface area contributed by atoms with E-state index in [1.54, 1.807) is 12.1 Å². The van der Waals surface area contributed by atoms with Crippen LogP contribution in [0.25, 0.3) is 0 Å². The van der Waals surface area contributed by atoms with E-state index in [2.05, 4.69) is 4.90 Å². The fourth-order valence-electron chi connectivity index (χ4n) is 5.25. The molecule has 0 aromatic heterocycles. The third-order valence-corrected chi connectivity index (χ3v) is 6.54. The molecule has 2 aromatic carbocycles. The van der Waals surface area contributed by atoms with Crippen LogP contribution in [0, 0.1) is 24.6 Å². The zero-order valence-corrected chi connectivity index (χ0v) is 16.0. The first-order valence-corrected chi connectivity index (χ1v) is 9.97. The number of carbonyl (C=O) groups excluding carboxylic acids is 3. The summed E-state index contributed by atoms with van der Waals surface area (Å²) in [5.41, 5.74) is 1.98. The van der Waals surface area contributed by atoms with Gasteiger partial charge in [-0.25, -0.2) is 9.29 Å². The summed E-state index contributed by atoms with van der Waals surface area (Å²) in [6.45, 7) is 2.67. The van der Waals surface area contributed by atoms with Gasteiger partial charge in [0.25, 0.3) is 0 Å². The molecule has 0 aliphatic carbocycles. The summed E-state index contributed by atoms with van der Waals surface area (Å²) in [5, 5.41) is 0. The Balaban J connectivity index is 1.54. The summed E-state index contributed by atoms with van der Waals surface area (Å²) >= 11 is 0. The van der Waals surface area contributed by atoms with Gasteiger partial charge in [-0.05, 0) is 50.6 Å². The molecule has 3 saturated heterocycles. The van der Waals surface area contributed by atoms with Crippen LogP contribution in [0.3, 0.4) is 0 Å². The third kappa shape index (κ3) is 2.66. The third-order valence-electron chi connectivity index (χ3n) is 6.54. The summed E-state index contributed by atoms with van der Waals surface area (Å²) in [4.78, 5) is 43.2. The molecular weight excluding hydrogens is 371 g/mol. The van der Waals surface area contributed by atoms with Crippen molar-refractivity contribution in [3.63, 3.8) is 0 Å². The van der Waals surface area contributed by atoms with Gasteiger partial charge in [0.15, 0.2) is 5.78 Å². The van der Waals surface area contributed by atoms with Gasteiger partial charge in [-0.2, -0.15) is 0 Å². The van der Waals surface area contributed by atoms with Crippen molar-refractivity contribution in [2.24, 2.45) is 11.8 Å². The first-order valence-electron chi connectivity index (χ1n) is 9.97. The van der Waals surface area contributed by atoms with Crippen molar-refractivity contribution >= 4 is 23.3 Å². The second-order valence-electron chi connectivity index (χ2n) is 8.16. The van der Waals surface area contributed by atoms with Crippen molar-refractivity contribution in [2.75, 3.05) is 11.4 Å². The Morgan fingerprint density at radius 1 is 0.966 bits per heavy atom. The molecule has 4 atom stereocenters. The van der Waals surface area contributed by atoms with Crippen LogP contribution in [0.15, 0.2) is 48.5 Å². The van der Waals surface area contributed by atoms with Crippen molar-refractivity contribution < 1.29 is 18.8 Å². The van der Waals surface area contributed by atoms with Crippen molar-refractivity contribution in [2.45, 2.75) is 31.8 Å². The van der Waals surface area contributed by atoms with Crippen molar-refractivity contribution in [1.82, 2.24) is 4.90 Å². The molecule has 5 nitrogen and oxygen atoms in total. The van der Waals surface area contributed by atoms with Crippen LogP contribution in [0.1, 0.15) is 28.8 Å². The summed E-state index contributed by atoms with van der Waals surface area (Å²) in [6, 6.07) is 12.0. The Hall–Kier alpha value is -2.86. The number of benzene rings is 2. The van der Waals surface area contributed by atoms with Gasteiger partial charge in [-0.1, -0.05) is 29.8 Å². The molecule has 5 rings (SSSR count). The Kier molecular flexibility index (Phi) is 4.13. The van der Waals surface area contributed by atoms with E-state index < -0.39 is 23.7 Å². The smallest absolute Gasteiger partial charge is 0.239 e. The number of hydrogen-bond acceptors (Lipinski definition) is 4. The molecule has 0 saturated carbocycles. The topological polar surface area (TPSA) is 57.7 Å². The lowest BCUT2D eigenvalue weighted by Crippen LogP contribution is -2.46. The van der Waals surface area contributed by atoms with Gasteiger partial charge in [0, 0.05) is 11.6 Å². The summed E-state index contributed by atoms with van der Waals surface area (Å²) in [5.74, 6) is -2.37. The standard InChI is InChI=1S/C23H21FN2O3/c1-13-4-6-14(7-5-13)21(27)20-19-18(17-3-2-12-25(17)20)22(28)26(23(19)29)16-10-8-15(24)9-11-16/h4-11,17-20H,2-3,12H2,1H3/t17-,18-,19+,20+/m1/s1. The van der Waals surface area contributed by atoms with Gasteiger partial charge in [0.1, 0.15) is 5.82 Å². The molecule has 0 spiro atoms. The van der Waals surface area contributed by atoms with Crippen LogP contribution >= 0.6 is 0 Å². The number of ketones is 1. The Morgan fingerprint density at radius 3 is 2.31 bits per heavy atom. The molecule has 0 N–H and O–H groups in total. The maximum atomic E-state index is 13.4. The molecular formula is C23H21FN2O3. The highest BCUT2D eigenvalue weighted by molar-refractivity contribution is 6.24. The van der Waals surface area contributed by atoms with E-state index in [1.807, 2.05) is 19.1 Å². The average molecular weight is 392 g/mol. The van der Waals surface area contributed by atoms with Gasteiger partial charge in [-0.15, -0.1) is 0 Å². The largest absolute Gasteiger partial charge is 0.292 e. The van der Waals surface area contributed by atoms with Crippen LogP contribution in [-0.2, 0) is 9.59 Å². The number of anilines is 1. The minimum absolute atomic E-state index is 0.0960. The quantitative estimate of drug-likeness (QED) is 0.595. The first-order chi connectivity index (χ1) is 14.0. The highest BCUT2D eigenvalue weighted by Crippen LogP contribution is 2.48. The van der Waals surface area contributed by atoms with Crippen molar-refractivity contribution in [3.05, 3.63) is 65.5 Å². The summed E-state index contributed by atoms with van der Waals surface area (Å²) < 4.78 is 13.3. The molecule has 0 radical (unpaired) electrons. The number of Topliss-reactive ketones (excluding diaryl/α,β-unsaturated/α-hetero) is 1. The molecule has 3 aliphatic rings. The van der Waals surface area contributed by atoms with E-state index in [1.165, 1.54) is 24.3 Å². The zero-order chi connectivity index (χ0) is 20.3. The fourth-order valence-corrected chi connectivity index (χ4v) is 5.25. The maximum absolute atomic E-state index is 13.4. The number of amides is 2. The molecule has 2 amide bonds. The Labute approximate surface area is 168 Å². The van der Waals surface area contributed by atoms with E-state index in [-0.39, 0.29) is 23.6 Å². The predicted molar refractivity (Wildman–Crippen MR) is 105 cm³/mol. The van der Waals surface area contributed by atoms with E-state index in [4.69, 9.17) is 0 Å². The van der Waals surface area contributed by atoms with Gasteiger partial charge in [0.2, 0.25) is 11.8 Å². The highest BCUT2D eigenvalue weighted by Gasteiger charge is 2.64. The summed E-state index contributed by atoms with van der Waals surface area (Å²) in [7, 11) is 0. The second kappa shape index (κ2) is 6.59. The molecule has 3 fully saturated rings.